The van der Waals surface area contributed by atoms with Gasteiger partial charge in [-0.05, 0) is 50.1 Å². The number of nitrogens with one attached hydrogen (secondary N) is 1. The van der Waals surface area contributed by atoms with Gasteiger partial charge in [-0.3, -0.25) is 9.69 Å². The summed E-state index contributed by atoms with van der Waals surface area (Å²) in [7, 11) is 1.85. The van der Waals surface area contributed by atoms with Gasteiger partial charge in [0.05, 0.1) is 12.6 Å². The lowest BCUT2D eigenvalue weighted by Gasteiger charge is -2.22. The Morgan fingerprint density at radius 2 is 2.09 bits per heavy atom. The standard InChI is InChI=1S/C16H22F2N2O2S/c1-20(9-11-3-2-4-14(11)21)10-15(22)19-12-5-7-13(8-6-12)23-16(17)18/h5-8,11,14,16,21H,2-4,9-10H2,1H3,(H,19,22). The van der Waals surface area contributed by atoms with Gasteiger partial charge in [0.15, 0.2) is 0 Å². The Bertz CT molecular complexity index is 513. The molecule has 2 rings (SSSR count). The fourth-order valence-corrected chi connectivity index (χ4v) is 3.36. The van der Waals surface area contributed by atoms with Crippen molar-refractivity contribution in [3.8, 4) is 0 Å². The number of likely N-dealkylation sites (N-methyl/N-ethyl adjacent to an activating group) is 1. The summed E-state index contributed by atoms with van der Waals surface area (Å²) in [5, 5.41) is 12.6. The van der Waals surface area contributed by atoms with Crippen LogP contribution in [-0.2, 0) is 4.79 Å². The molecule has 1 saturated carbocycles. The van der Waals surface area contributed by atoms with E-state index in [1.54, 1.807) is 24.3 Å². The molecule has 7 heteroatoms. The number of alkyl halides is 2. The molecule has 1 aliphatic rings. The molecule has 1 aromatic rings. The lowest BCUT2D eigenvalue weighted by Crippen LogP contribution is -2.35. The van der Waals surface area contributed by atoms with Crippen molar-refractivity contribution in [1.29, 1.82) is 0 Å². The number of aliphatic hydroxyl groups is 1. The normalized spacial score (nSPS) is 21.1. The van der Waals surface area contributed by atoms with Crippen LogP contribution >= 0.6 is 11.8 Å². The van der Waals surface area contributed by atoms with Gasteiger partial charge in [0.2, 0.25) is 5.91 Å². The van der Waals surface area contributed by atoms with E-state index in [4.69, 9.17) is 0 Å². The van der Waals surface area contributed by atoms with Gasteiger partial charge in [0.1, 0.15) is 0 Å². The Morgan fingerprint density at radius 3 is 2.65 bits per heavy atom. The lowest BCUT2D eigenvalue weighted by molar-refractivity contribution is -0.117. The summed E-state index contributed by atoms with van der Waals surface area (Å²) < 4.78 is 24.5. The zero-order valence-electron chi connectivity index (χ0n) is 13.0. The molecule has 2 atom stereocenters. The number of amides is 1. The van der Waals surface area contributed by atoms with Gasteiger partial charge >= 0.3 is 0 Å². The van der Waals surface area contributed by atoms with Crippen LogP contribution in [-0.4, -0.2) is 47.9 Å². The summed E-state index contributed by atoms with van der Waals surface area (Å²) in [4.78, 5) is 14.4. The Morgan fingerprint density at radius 1 is 1.39 bits per heavy atom. The molecule has 0 aliphatic heterocycles. The minimum Gasteiger partial charge on any atom is -0.393 e. The van der Waals surface area contributed by atoms with Crippen molar-refractivity contribution in [3.05, 3.63) is 24.3 Å². The maximum Gasteiger partial charge on any atom is 0.288 e. The molecule has 1 amide bonds. The third-order valence-electron chi connectivity index (χ3n) is 3.94. The molecule has 2 N–H and O–H groups in total. The van der Waals surface area contributed by atoms with Gasteiger partial charge in [-0.25, -0.2) is 0 Å². The fourth-order valence-electron chi connectivity index (χ4n) is 2.86. The summed E-state index contributed by atoms with van der Waals surface area (Å²) >= 11 is 0.477. The Kier molecular flexibility index (Phi) is 6.80. The van der Waals surface area contributed by atoms with Crippen molar-refractivity contribution in [2.75, 3.05) is 25.5 Å². The smallest absolute Gasteiger partial charge is 0.288 e. The van der Waals surface area contributed by atoms with Gasteiger partial charge < -0.3 is 10.4 Å². The summed E-state index contributed by atoms with van der Waals surface area (Å²) in [5.41, 5.74) is 0.586. The molecule has 0 aromatic heterocycles. The number of halogens is 2. The summed E-state index contributed by atoms with van der Waals surface area (Å²) in [6, 6.07) is 6.35. The maximum absolute atomic E-state index is 12.2. The van der Waals surface area contributed by atoms with Crippen LogP contribution in [0.3, 0.4) is 0 Å². The molecular weight excluding hydrogens is 322 g/mol. The monoisotopic (exact) mass is 344 g/mol. The highest BCUT2D eigenvalue weighted by molar-refractivity contribution is 7.99. The van der Waals surface area contributed by atoms with Crippen LogP contribution in [0.15, 0.2) is 29.2 Å². The second kappa shape index (κ2) is 8.61. The molecule has 2 unspecified atom stereocenters. The highest BCUT2D eigenvalue weighted by Crippen LogP contribution is 2.27. The highest BCUT2D eigenvalue weighted by Gasteiger charge is 2.26. The molecule has 128 valence electrons. The number of hydrogen-bond donors (Lipinski definition) is 2. The Hall–Kier alpha value is -1.18. The quantitative estimate of drug-likeness (QED) is 0.747. The zero-order valence-corrected chi connectivity index (χ0v) is 13.9. The number of hydrogen-bond acceptors (Lipinski definition) is 4. The van der Waals surface area contributed by atoms with E-state index in [9.17, 15) is 18.7 Å². The Labute approximate surface area is 139 Å². The number of thioether (sulfide) groups is 1. The number of rotatable bonds is 7. The van der Waals surface area contributed by atoms with Crippen molar-refractivity contribution in [2.45, 2.75) is 36.0 Å². The van der Waals surface area contributed by atoms with Gasteiger partial charge in [-0.1, -0.05) is 18.2 Å². The summed E-state index contributed by atoms with van der Waals surface area (Å²) in [6.45, 7) is 0.926. The molecule has 1 aromatic carbocycles. The molecule has 4 nitrogen and oxygen atoms in total. The van der Waals surface area contributed by atoms with E-state index >= 15 is 0 Å². The summed E-state index contributed by atoms with van der Waals surface area (Å²) in [6.07, 6.45) is 2.61. The molecule has 0 spiro atoms. The van der Waals surface area contributed by atoms with Gasteiger partial charge in [-0.2, -0.15) is 8.78 Å². The predicted octanol–water partition coefficient (Wildman–Crippen LogP) is 3.03. The number of benzene rings is 1. The van der Waals surface area contributed by atoms with E-state index in [-0.39, 0.29) is 24.5 Å². The van der Waals surface area contributed by atoms with E-state index in [2.05, 4.69) is 5.32 Å². The van der Waals surface area contributed by atoms with E-state index in [0.29, 0.717) is 28.9 Å². The first kappa shape index (κ1) is 18.2. The van der Waals surface area contributed by atoms with Crippen LogP contribution in [0, 0.1) is 5.92 Å². The van der Waals surface area contributed by atoms with Crippen LogP contribution in [0.5, 0.6) is 0 Å². The van der Waals surface area contributed by atoms with Crippen molar-refractivity contribution in [3.63, 3.8) is 0 Å². The molecule has 0 heterocycles. The minimum atomic E-state index is -2.45. The molecule has 0 saturated heterocycles. The third kappa shape index (κ3) is 6.08. The summed E-state index contributed by atoms with van der Waals surface area (Å²) in [5.74, 6) is -2.37. The van der Waals surface area contributed by atoms with E-state index < -0.39 is 5.76 Å². The van der Waals surface area contributed by atoms with Crippen LogP contribution in [0.1, 0.15) is 19.3 Å². The second-order valence-electron chi connectivity index (χ2n) is 5.91. The number of anilines is 1. The first-order valence-corrected chi connectivity index (χ1v) is 8.53. The molecule has 1 aliphatic carbocycles. The van der Waals surface area contributed by atoms with Crippen LogP contribution in [0.4, 0.5) is 14.5 Å². The number of carbonyl (C=O) groups excluding carboxylic acids is 1. The number of aliphatic hydroxyl groups excluding tert-OH is 1. The maximum atomic E-state index is 12.2. The molecular formula is C16H22F2N2O2S. The Balaban J connectivity index is 1.77. The molecule has 0 bridgehead atoms. The number of nitrogens with zero attached hydrogens (tertiary/aromatic N) is 1. The van der Waals surface area contributed by atoms with Crippen LogP contribution in [0.2, 0.25) is 0 Å². The van der Waals surface area contributed by atoms with Gasteiger partial charge in [0, 0.05) is 17.1 Å². The van der Waals surface area contributed by atoms with Gasteiger partial charge in [0.25, 0.3) is 5.76 Å². The average molecular weight is 344 g/mol. The van der Waals surface area contributed by atoms with Crippen molar-refractivity contribution < 1.29 is 18.7 Å². The van der Waals surface area contributed by atoms with E-state index in [0.717, 1.165) is 19.3 Å². The number of carbonyl (C=O) groups is 1. The predicted molar refractivity (Wildman–Crippen MR) is 87.8 cm³/mol. The van der Waals surface area contributed by atoms with Crippen molar-refractivity contribution in [2.24, 2.45) is 5.92 Å². The average Bonchev–Trinajstić information content (AvgIpc) is 2.85. The minimum absolute atomic E-state index is 0.158. The third-order valence-corrected chi connectivity index (χ3v) is 4.66. The largest absolute Gasteiger partial charge is 0.393 e. The molecule has 0 radical (unpaired) electrons. The van der Waals surface area contributed by atoms with E-state index in [1.165, 1.54) is 0 Å². The lowest BCUT2D eigenvalue weighted by atomic mass is 10.1. The highest BCUT2D eigenvalue weighted by atomic mass is 32.2. The molecule has 23 heavy (non-hydrogen) atoms. The van der Waals surface area contributed by atoms with E-state index in [1.807, 2.05) is 11.9 Å². The van der Waals surface area contributed by atoms with Crippen LogP contribution in [0.25, 0.3) is 0 Å². The fraction of sp³-hybridized carbons (Fsp3) is 0.562. The first-order chi connectivity index (χ1) is 10.9. The topological polar surface area (TPSA) is 52.6 Å². The SMILES string of the molecule is CN(CC(=O)Nc1ccc(SC(F)F)cc1)CC1CCCC1O. The molecule has 1 fully saturated rings. The van der Waals surface area contributed by atoms with Crippen molar-refractivity contribution >= 4 is 23.4 Å². The van der Waals surface area contributed by atoms with Gasteiger partial charge in [-0.15, -0.1) is 0 Å². The second-order valence-corrected chi connectivity index (χ2v) is 6.97. The first-order valence-electron chi connectivity index (χ1n) is 7.65. The zero-order chi connectivity index (χ0) is 16.8. The van der Waals surface area contributed by atoms with Crippen LogP contribution < -0.4 is 5.32 Å². The van der Waals surface area contributed by atoms with Crippen molar-refractivity contribution in [1.82, 2.24) is 4.90 Å².